The van der Waals surface area contributed by atoms with E-state index in [-0.39, 0.29) is 6.09 Å². The molecule has 0 atom stereocenters. The zero-order chi connectivity index (χ0) is 15.5. The van der Waals surface area contributed by atoms with Gasteiger partial charge in [0, 0.05) is 26.2 Å². The zero-order valence-electron chi connectivity index (χ0n) is 12.7. The number of para-hydroxylation sites is 1. The van der Waals surface area contributed by atoms with Crippen molar-refractivity contribution in [3.8, 4) is 5.75 Å². The van der Waals surface area contributed by atoms with E-state index in [1.54, 1.807) is 23.3 Å². The van der Waals surface area contributed by atoms with Crippen molar-refractivity contribution in [3.63, 3.8) is 0 Å². The first-order chi connectivity index (χ1) is 10.7. The van der Waals surface area contributed by atoms with Crippen LogP contribution in [0.5, 0.6) is 5.75 Å². The van der Waals surface area contributed by atoms with Gasteiger partial charge in [0.25, 0.3) is 0 Å². The number of carbonyl (C=O) groups excluding carboxylic acids is 1. The molecule has 0 unspecified atom stereocenters. The number of hydrogen-bond acceptors (Lipinski definition) is 6. The highest BCUT2D eigenvalue weighted by Gasteiger charge is 2.24. The first kappa shape index (κ1) is 14.9. The lowest BCUT2D eigenvalue weighted by molar-refractivity contribution is 0.105. The molecule has 1 aromatic carbocycles. The van der Waals surface area contributed by atoms with E-state index in [9.17, 15) is 4.79 Å². The second kappa shape index (κ2) is 6.39. The Kier molecular flexibility index (Phi) is 4.33. The van der Waals surface area contributed by atoms with Crippen molar-refractivity contribution in [2.75, 3.05) is 44.8 Å². The summed E-state index contributed by atoms with van der Waals surface area (Å²) in [4.78, 5) is 20.4. The third-order valence-electron chi connectivity index (χ3n) is 3.67. The Hall–Kier alpha value is -2.02. The maximum Gasteiger partial charge on any atom is 0.409 e. The van der Waals surface area contributed by atoms with Crippen LogP contribution in [0.1, 0.15) is 6.92 Å². The van der Waals surface area contributed by atoms with Gasteiger partial charge in [-0.2, -0.15) is 0 Å². The molecule has 0 aliphatic carbocycles. The van der Waals surface area contributed by atoms with Gasteiger partial charge in [0.2, 0.25) is 0 Å². The number of rotatable bonds is 3. The minimum absolute atomic E-state index is 0.229. The summed E-state index contributed by atoms with van der Waals surface area (Å²) in [6.45, 7) is 5.08. The lowest BCUT2D eigenvalue weighted by Crippen LogP contribution is -2.48. The zero-order valence-corrected chi connectivity index (χ0v) is 13.6. The molecule has 0 radical (unpaired) electrons. The Balaban J connectivity index is 1.72. The number of aromatic nitrogens is 1. The average molecular weight is 321 g/mol. The lowest BCUT2D eigenvalue weighted by atomic mass is 10.3. The van der Waals surface area contributed by atoms with Crippen LogP contribution in [0, 0.1) is 0 Å². The van der Waals surface area contributed by atoms with Gasteiger partial charge in [-0.05, 0) is 19.1 Å². The Labute approximate surface area is 133 Å². The minimum Gasteiger partial charge on any atom is -0.494 e. The van der Waals surface area contributed by atoms with Crippen LogP contribution >= 0.6 is 11.3 Å². The third kappa shape index (κ3) is 2.81. The number of nitrogens with zero attached hydrogens (tertiary/aromatic N) is 3. The fourth-order valence-corrected chi connectivity index (χ4v) is 3.54. The molecule has 22 heavy (non-hydrogen) atoms. The van der Waals surface area contributed by atoms with E-state index in [1.165, 1.54) is 0 Å². The van der Waals surface area contributed by atoms with Crippen LogP contribution in [0.3, 0.4) is 0 Å². The van der Waals surface area contributed by atoms with Crippen LogP contribution in [0.2, 0.25) is 0 Å². The number of piperazine rings is 1. The van der Waals surface area contributed by atoms with Gasteiger partial charge in [0.05, 0.1) is 18.4 Å². The molecule has 0 saturated carbocycles. The Bertz CT molecular complexity index is 665. The molecule has 118 valence electrons. The quantitative estimate of drug-likeness (QED) is 0.870. The fourth-order valence-electron chi connectivity index (χ4n) is 2.51. The van der Waals surface area contributed by atoms with Crippen molar-refractivity contribution in [1.29, 1.82) is 0 Å². The monoisotopic (exact) mass is 321 g/mol. The van der Waals surface area contributed by atoms with Crippen LogP contribution in [0.15, 0.2) is 18.2 Å². The van der Waals surface area contributed by atoms with E-state index in [0.29, 0.717) is 19.7 Å². The van der Waals surface area contributed by atoms with E-state index in [2.05, 4.69) is 4.90 Å². The normalized spacial score (nSPS) is 15.2. The summed E-state index contributed by atoms with van der Waals surface area (Å²) >= 11 is 1.65. The van der Waals surface area contributed by atoms with Crippen molar-refractivity contribution >= 4 is 32.8 Å². The molecular weight excluding hydrogens is 302 g/mol. The maximum atomic E-state index is 11.7. The molecule has 0 N–H and O–H groups in total. The molecule has 2 heterocycles. The van der Waals surface area contributed by atoms with Crippen LogP contribution in [-0.2, 0) is 4.74 Å². The SMILES string of the molecule is CCOC(=O)N1CCN(c2nc3c(OC)cccc3s2)CC1. The van der Waals surface area contributed by atoms with Crippen LogP contribution in [-0.4, -0.2) is 55.9 Å². The van der Waals surface area contributed by atoms with Gasteiger partial charge in [-0.3, -0.25) is 0 Å². The van der Waals surface area contributed by atoms with Gasteiger partial charge in [0.1, 0.15) is 11.3 Å². The number of benzene rings is 1. The predicted octanol–water partition coefficient (Wildman–Crippen LogP) is 2.58. The highest BCUT2D eigenvalue weighted by molar-refractivity contribution is 7.22. The van der Waals surface area contributed by atoms with E-state index < -0.39 is 0 Å². The maximum absolute atomic E-state index is 11.7. The van der Waals surface area contributed by atoms with Crippen molar-refractivity contribution in [2.24, 2.45) is 0 Å². The smallest absolute Gasteiger partial charge is 0.409 e. The lowest BCUT2D eigenvalue weighted by Gasteiger charge is -2.33. The molecule has 6 nitrogen and oxygen atoms in total. The van der Waals surface area contributed by atoms with Gasteiger partial charge in [0.15, 0.2) is 5.13 Å². The van der Waals surface area contributed by atoms with E-state index >= 15 is 0 Å². The van der Waals surface area contributed by atoms with Gasteiger partial charge in [-0.1, -0.05) is 17.4 Å². The number of fused-ring (bicyclic) bond motifs is 1. The highest BCUT2D eigenvalue weighted by atomic mass is 32.1. The second-order valence-corrected chi connectivity index (χ2v) is 5.99. The van der Waals surface area contributed by atoms with E-state index in [0.717, 1.165) is 34.2 Å². The standard InChI is InChI=1S/C15H19N3O3S/c1-3-21-15(19)18-9-7-17(8-10-18)14-16-13-11(20-2)5-4-6-12(13)22-14/h4-6H,3,7-10H2,1-2H3. The predicted molar refractivity (Wildman–Crippen MR) is 87.0 cm³/mol. The molecule has 1 aromatic heterocycles. The molecule has 1 amide bonds. The van der Waals surface area contributed by atoms with Crippen LogP contribution in [0.25, 0.3) is 10.2 Å². The highest BCUT2D eigenvalue weighted by Crippen LogP contribution is 2.34. The summed E-state index contributed by atoms with van der Waals surface area (Å²) in [6, 6.07) is 5.94. The number of hydrogen-bond donors (Lipinski definition) is 0. The number of ether oxygens (including phenoxy) is 2. The largest absolute Gasteiger partial charge is 0.494 e. The summed E-state index contributed by atoms with van der Waals surface area (Å²) in [5.74, 6) is 0.796. The molecule has 3 rings (SSSR count). The van der Waals surface area contributed by atoms with Gasteiger partial charge in [-0.25, -0.2) is 9.78 Å². The van der Waals surface area contributed by atoms with Gasteiger partial charge >= 0.3 is 6.09 Å². The van der Waals surface area contributed by atoms with Crippen LogP contribution < -0.4 is 9.64 Å². The van der Waals surface area contributed by atoms with Crippen molar-refractivity contribution in [3.05, 3.63) is 18.2 Å². The number of carbonyl (C=O) groups is 1. The van der Waals surface area contributed by atoms with Crippen molar-refractivity contribution in [2.45, 2.75) is 6.92 Å². The number of thiazole rings is 1. The summed E-state index contributed by atoms with van der Waals surface area (Å²) in [5, 5.41) is 0.975. The minimum atomic E-state index is -0.229. The van der Waals surface area contributed by atoms with Gasteiger partial charge < -0.3 is 19.3 Å². The van der Waals surface area contributed by atoms with Gasteiger partial charge in [-0.15, -0.1) is 0 Å². The van der Waals surface area contributed by atoms with E-state index in [4.69, 9.17) is 14.5 Å². The first-order valence-corrected chi connectivity index (χ1v) is 8.14. The molecule has 2 aromatic rings. The average Bonchev–Trinajstić information content (AvgIpc) is 2.99. The molecule has 1 saturated heterocycles. The topological polar surface area (TPSA) is 54.9 Å². The number of anilines is 1. The molecule has 7 heteroatoms. The van der Waals surface area contributed by atoms with Crippen molar-refractivity contribution in [1.82, 2.24) is 9.88 Å². The Morgan fingerprint density at radius 3 is 2.77 bits per heavy atom. The fraction of sp³-hybridized carbons (Fsp3) is 0.467. The summed E-state index contributed by atoms with van der Waals surface area (Å²) in [7, 11) is 1.66. The summed E-state index contributed by atoms with van der Waals surface area (Å²) < 4.78 is 11.5. The van der Waals surface area contributed by atoms with Crippen LogP contribution in [0.4, 0.5) is 9.93 Å². The molecule has 0 bridgehead atoms. The van der Waals surface area contributed by atoms with Crippen molar-refractivity contribution < 1.29 is 14.3 Å². The number of amides is 1. The molecular formula is C15H19N3O3S. The second-order valence-electron chi connectivity index (χ2n) is 4.98. The third-order valence-corrected chi connectivity index (χ3v) is 4.75. The molecule has 0 spiro atoms. The Morgan fingerprint density at radius 1 is 1.32 bits per heavy atom. The molecule has 1 aliphatic rings. The van der Waals surface area contributed by atoms with E-state index in [1.807, 2.05) is 25.1 Å². The molecule has 1 fully saturated rings. The molecule has 1 aliphatic heterocycles. The number of methoxy groups -OCH3 is 1. The summed E-state index contributed by atoms with van der Waals surface area (Å²) in [5.41, 5.74) is 0.901. The summed E-state index contributed by atoms with van der Waals surface area (Å²) in [6.07, 6.45) is -0.229. The first-order valence-electron chi connectivity index (χ1n) is 7.33. The Morgan fingerprint density at radius 2 is 2.09 bits per heavy atom.